The zero-order chi connectivity index (χ0) is 27.4. The second-order valence-electron chi connectivity index (χ2n) is 11.0. The molecule has 4 amide bonds. The normalized spacial score (nSPS) is 21.2. The van der Waals surface area contributed by atoms with E-state index in [-0.39, 0.29) is 6.42 Å². The Bertz CT molecular complexity index is 1450. The van der Waals surface area contributed by atoms with Crippen molar-refractivity contribution in [3.8, 4) is 0 Å². The lowest BCUT2D eigenvalue weighted by Crippen LogP contribution is -2.51. The van der Waals surface area contributed by atoms with Crippen molar-refractivity contribution in [2.75, 3.05) is 9.80 Å². The van der Waals surface area contributed by atoms with Crippen LogP contribution in [0.4, 0.5) is 16.2 Å². The highest BCUT2D eigenvalue weighted by atomic mass is 16.6. The summed E-state index contributed by atoms with van der Waals surface area (Å²) in [5.74, 6) is -2.53. The van der Waals surface area contributed by atoms with Gasteiger partial charge in [0.25, 0.3) is 5.91 Å². The van der Waals surface area contributed by atoms with E-state index in [1.54, 1.807) is 75.4 Å². The number of nitrogens with zero attached hydrogens (tertiary/aromatic N) is 2. The van der Waals surface area contributed by atoms with Gasteiger partial charge in [-0.1, -0.05) is 65.7 Å². The number of para-hydroxylation sites is 2. The Kier molecular flexibility index (Phi) is 5.97. The van der Waals surface area contributed by atoms with Crippen molar-refractivity contribution in [2.24, 2.45) is 5.92 Å². The fourth-order valence-electron chi connectivity index (χ4n) is 5.73. The molecule has 0 unspecified atom stereocenters. The molecule has 2 atom stereocenters. The standard InChI is InChI=1S/C31H30N2O5/c1-19-15-20(2)17-21(16-19)31(24-18-26(34)32(27(24)35)22-11-7-6-8-12-22)23-13-9-10-14-25(23)33(28(31)36)29(37)38-30(3,4)5/h6-17,24H,18H2,1-5H3/t24-,31-/m1/s1. The molecule has 2 aliphatic heterocycles. The summed E-state index contributed by atoms with van der Waals surface area (Å²) in [5.41, 5.74) is 1.23. The lowest BCUT2D eigenvalue weighted by atomic mass is 9.65. The summed E-state index contributed by atoms with van der Waals surface area (Å²) >= 11 is 0. The summed E-state index contributed by atoms with van der Waals surface area (Å²) in [7, 11) is 0. The van der Waals surface area contributed by atoms with Crippen LogP contribution in [-0.4, -0.2) is 29.4 Å². The molecule has 194 valence electrons. The first-order chi connectivity index (χ1) is 17.9. The number of hydrogen-bond acceptors (Lipinski definition) is 5. The number of carbonyl (C=O) groups excluding carboxylic acids is 4. The van der Waals surface area contributed by atoms with Crippen LogP contribution in [0.3, 0.4) is 0 Å². The summed E-state index contributed by atoms with van der Waals surface area (Å²) in [6.07, 6.45) is -0.999. The lowest BCUT2D eigenvalue weighted by Gasteiger charge is -2.34. The molecule has 3 aromatic rings. The minimum Gasteiger partial charge on any atom is -0.443 e. The number of imide groups is 2. The van der Waals surface area contributed by atoms with Gasteiger partial charge in [0.05, 0.1) is 17.3 Å². The molecule has 2 heterocycles. The van der Waals surface area contributed by atoms with Crippen molar-refractivity contribution in [1.82, 2.24) is 0 Å². The molecule has 7 nitrogen and oxygen atoms in total. The van der Waals surface area contributed by atoms with E-state index in [2.05, 4.69) is 0 Å². The first kappa shape index (κ1) is 25.4. The summed E-state index contributed by atoms with van der Waals surface area (Å²) in [5, 5.41) is 0. The van der Waals surface area contributed by atoms with Crippen LogP contribution in [-0.2, 0) is 24.5 Å². The van der Waals surface area contributed by atoms with E-state index in [4.69, 9.17) is 4.74 Å². The molecule has 1 fully saturated rings. The van der Waals surface area contributed by atoms with Crippen LogP contribution in [0.15, 0.2) is 72.8 Å². The van der Waals surface area contributed by atoms with E-state index in [9.17, 15) is 19.2 Å². The van der Waals surface area contributed by atoms with Gasteiger partial charge in [-0.15, -0.1) is 0 Å². The van der Waals surface area contributed by atoms with Crippen molar-refractivity contribution in [2.45, 2.75) is 52.1 Å². The molecular formula is C31H30N2O5. The van der Waals surface area contributed by atoms with Crippen molar-refractivity contribution in [3.63, 3.8) is 0 Å². The van der Waals surface area contributed by atoms with Gasteiger partial charge in [-0.05, 0) is 63.9 Å². The average molecular weight is 511 g/mol. The van der Waals surface area contributed by atoms with E-state index < -0.39 is 40.7 Å². The summed E-state index contributed by atoms with van der Waals surface area (Å²) in [6.45, 7) is 9.01. The van der Waals surface area contributed by atoms with Crippen molar-refractivity contribution >= 4 is 35.2 Å². The van der Waals surface area contributed by atoms with Gasteiger partial charge in [0.15, 0.2) is 0 Å². The number of fused-ring (bicyclic) bond motifs is 1. The summed E-state index contributed by atoms with van der Waals surface area (Å²) in [6, 6.07) is 21.4. The van der Waals surface area contributed by atoms with E-state index in [1.807, 2.05) is 32.0 Å². The van der Waals surface area contributed by atoms with Crippen LogP contribution in [0.5, 0.6) is 0 Å². The first-order valence-corrected chi connectivity index (χ1v) is 12.6. The van der Waals surface area contributed by atoms with Gasteiger partial charge in [0, 0.05) is 6.42 Å². The van der Waals surface area contributed by atoms with Crippen LogP contribution < -0.4 is 9.80 Å². The van der Waals surface area contributed by atoms with Gasteiger partial charge in [-0.2, -0.15) is 0 Å². The lowest BCUT2D eigenvalue weighted by molar-refractivity contribution is -0.130. The van der Waals surface area contributed by atoms with Gasteiger partial charge in [-0.3, -0.25) is 19.3 Å². The highest BCUT2D eigenvalue weighted by Gasteiger charge is 2.64. The Balaban J connectivity index is 1.76. The SMILES string of the molecule is Cc1cc(C)cc([C@@]2([C@@H]3CC(=O)N(c4ccccc4)C3=O)C(=O)N(C(=O)OC(C)(C)C)c3ccccc32)c1. The minimum atomic E-state index is -1.60. The Morgan fingerprint density at radius 1 is 0.895 bits per heavy atom. The third kappa shape index (κ3) is 3.90. The number of ether oxygens (including phenoxy) is 1. The number of hydrogen-bond donors (Lipinski definition) is 0. The number of aryl methyl sites for hydroxylation is 2. The topological polar surface area (TPSA) is 84.0 Å². The van der Waals surface area contributed by atoms with Gasteiger partial charge >= 0.3 is 6.09 Å². The molecule has 1 saturated heterocycles. The molecule has 0 saturated carbocycles. The quantitative estimate of drug-likeness (QED) is 0.438. The predicted octanol–water partition coefficient (Wildman–Crippen LogP) is 5.45. The van der Waals surface area contributed by atoms with Crippen LogP contribution >= 0.6 is 0 Å². The van der Waals surface area contributed by atoms with Crippen LogP contribution in [0.25, 0.3) is 0 Å². The third-order valence-corrected chi connectivity index (χ3v) is 7.05. The molecule has 0 N–H and O–H groups in total. The first-order valence-electron chi connectivity index (χ1n) is 12.6. The number of anilines is 2. The van der Waals surface area contributed by atoms with Crippen LogP contribution in [0.2, 0.25) is 0 Å². The van der Waals surface area contributed by atoms with Gasteiger partial charge in [-0.25, -0.2) is 9.69 Å². The molecule has 0 radical (unpaired) electrons. The molecule has 0 spiro atoms. The summed E-state index contributed by atoms with van der Waals surface area (Å²) in [4.78, 5) is 57.8. The fourth-order valence-corrected chi connectivity index (χ4v) is 5.73. The number of amides is 4. The maximum atomic E-state index is 14.7. The Morgan fingerprint density at radius 2 is 1.50 bits per heavy atom. The van der Waals surface area contributed by atoms with Crippen LogP contribution in [0, 0.1) is 19.8 Å². The van der Waals surface area contributed by atoms with Crippen molar-refractivity contribution < 1.29 is 23.9 Å². The maximum absolute atomic E-state index is 14.7. The molecule has 2 aliphatic rings. The van der Waals surface area contributed by atoms with Gasteiger partial charge in [0.1, 0.15) is 11.0 Å². The van der Waals surface area contributed by atoms with E-state index >= 15 is 0 Å². The van der Waals surface area contributed by atoms with E-state index in [1.165, 1.54) is 0 Å². The van der Waals surface area contributed by atoms with Gasteiger partial charge < -0.3 is 4.74 Å². The Morgan fingerprint density at radius 3 is 2.13 bits per heavy atom. The van der Waals surface area contributed by atoms with E-state index in [0.717, 1.165) is 20.9 Å². The largest absolute Gasteiger partial charge is 0.443 e. The summed E-state index contributed by atoms with van der Waals surface area (Å²) < 4.78 is 5.63. The second-order valence-corrected chi connectivity index (χ2v) is 11.0. The smallest absolute Gasteiger partial charge is 0.421 e. The fraction of sp³-hybridized carbons (Fsp3) is 0.290. The maximum Gasteiger partial charge on any atom is 0.421 e. The highest BCUT2D eigenvalue weighted by Crippen LogP contribution is 2.54. The third-order valence-electron chi connectivity index (χ3n) is 7.05. The number of rotatable bonds is 3. The molecule has 5 rings (SSSR count). The van der Waals surface area contributed by atoms with Crippen molar-refractivity contribution in [1.29, 1.82) is 0 Å². The van der Waals surface area contributed by atoms with Gasteiger partial charge in [0.2, 0.25) is 11.8 Å². The molecule has 0 bridgehead atoms. The highest BCUT2D eigenvalue weighted by molar-refractivity contribution is 6.28. The molecule has 7 heteroatoms. The van der Waals surface area contributed by atoms with Crippen LogP contribution in [0.1, 0.15) is 49.4 Å². The monoisotopic (exact) mass is 510 g/mol. The predicted molar refractivity (Wildman–Crippen MR) is 144 cm³/mol. The molecular weight excluding hydrogens is 480 g/mol. The molecule has 3 aromatic carbocycles. The number of benzene rings is 3. The molecule has 38 heavy (non-hydrogen) atoms. The average Bonchev–Trinajstić information content (AvgIpc) is 3.28. The van der Waals surface area contributed by atoms with E-state index in [0.29, 0.717) is 22.5 Å². The Labute approximate surface area is 222 Å². The zero-order valence-electron chi connectivity index (χ0n) is 22.1. The minimum absolute atomic E-state index is 0.178. The number of carbonyl (C=O) groups is 4. The Hall–Kier alpha value is -4.26. The van der Waals surface area contributed by atoms with Crippen molar-refractivity contribution in [3.05, 3.63) is 95.1 Å². The molecule has 0 aromatic heterocycles. The second kappa shape index (κ2) is 8.94. The molecule has 0 aliphatic carbocycles. The zero-order valence-corrected chi connectivity index (χ0v) is 22.1.